The van der Waals surface area contributed by atoms with Gasteiger partial charge in [0.25, 0.3) is 0 Å². The zero-order valence-corrected chi connectivity index (χ0v) is 11.9. The summed E-state index contributed by atoms with van der Waals surface area (Å²) in [6, 6.07) is 0.0303. The van der Waals surface area contributed by atoms with Gasteiger partial charge in [-0.2, -0.15) is 0 Å². The summed E-state index contributed by atoms with van der Waals surface area (Å²) in [4.78, 5) is 14.4. The third-order valence-corrected chi connectivity index (χ3v) is 4.37. The Hall–Kier alpha value is -0.610. The van der Waals surface area contributed by atoms with Crippen LogP contribution in [0.4, 0.5) is 0 Å². The van der Waals surface area contributed by atoms with Crippen LogP contribution in [0.5, 0.6) is 0 Å². The molecule has 0 spiro atoms. The van der Waals surface area contributed by atoms with E-state index in [2.05, 4.69) is 29.4 Å². The molecule has 0 aliphatic carbocycles. The fraction of sp³-hybridized carbons (Fsp3) is 0.929. The first-order chi connectivity index (χ1) is 8.58. The van der Waals surface area contributed by atoms with Crippen molar-refractivity contribution in [2.45, 2.75) is 33.2 Å². The van der Waals surface area contributed by atoms with Gasteiger partial charge < -0.3 is 10.6 Å². The Labute approximate surface area is 110 Å². The summed E-state index contributed by atoms with van der Waals surface area (Å²) in [7, 11) is 0. The summed E-state index contributed by atoms with van der Waals surface area (Å²) in [6.07, 6.45) is 1.06. The quantitative estimate of drug-likeness (QED) is 0.757. The van der Waals surface area contributed by atoms with Gasteiger partial charge in [0.05, 0.1) is 6.04 Å². The predicted octanol–water partition coefficient (Wildman–Crippen LogP) is 0.688. The molecule has 104 valence electrons. The number of nitrogens with one attached hydrogen (secondary N) is 2. The van der Waals surface area contributed by atoms with E-state index in [9.17, 15) is 4.79 Å². The van der Waals surface area contributed by atoms with Crippen molar-refractivity contribution in [2.24, 2.45) is 17.8 Å². The van der Waals surface area contributed by atoms with Crippen LogP contribution in [0.25, 0.3) is 0 Å². The highest BCUT2D eigenvalue weighted by molar-refractivity contribution is 5.81. The Morgan fingerprint density at radius 3 is 2.44 bits per heavy atom. The van der Waals surface area contributed by atoms with Gasteiger partial charge in [-0.15, -0.1) is 0 Å². The Balaban J connectivity index is 1.73. The molecule has 2 rings (SSSR count). The molecule has 0 bridgehead atoms. The number of rotatable bonds is 5. The number of carbonyl (C=O) groups is 1. The third kappa shape index (κ3) is 3.23. The maximum atomic E-state index is 12.1. The number of carbonyl (C=O) groups excluding carboxylic acids is 1. The Morgan fingerprint density at radius 2 is 1.89 bits per heavy atom. The van der Waals surface area contributed by atoms with Crippen molar-refractivity contribution in [3.05, 3.63) is 0 Å². The van der Waals surface area contributed by atoms with Crippen LogP contribution >= 0.6 is 0 Å². The monoisotopic (exact) mass is 253 g/mol. The Bertz CT molecular complexity index is 281. The molecule has 0 aromatic heterocycles. The minimum atomic E-state index is 0.0303. The van der Waals surface area contributed by atoms with Crippen molar-refractivity contribution < 1.29 is 4.79 Å². The number of likely N-dealkylation sites (tertiary alicyclic amines) is 1. The molecular weight excluding hydrogens is 226 g/mol. The predicted molar refractivity (Wildman–Crippen MR) is 73.3 cm³/mol. The summed E-state index contributed by atoms with van der Waals surface area (Å²) in [5.41, 5.74) is 0. The average molecular weight is 253 g/mol. The molecule has 0 saturated carbocycles. The number of fused-ring (bicyclic) bond motifs is 1. The summed E-state index contributed by atoms with van der Waals surface area (Å²) < 4.78 is 0. The lowest BCUT2D eigenvalue weighted by molar-refractivity contribution is -0.125. The van der Waals surface area contributed by atoms with Crippen molar-refractivity contribution >= 4 is 5.91 Å². The molecule has 2 fully saturated rings. The number of amides is 1. The van der Waals surface area contributed by atoms with Crippen molar-refractivity contribution in [1.82, 2.24) is 15.5 Å². The summed E-state index contributed by atoms with van der Waals surface area (Å²) in [5, 5.41) is 6.49. The Kier molecular flexibility index (Phi) is 4.62. The maximum absolute atomic E-state index is 12.1. The molecule has 2 saturated heterocycles. The standard InChI is InChI=1S/C14H27N3O/c1-10(2)4-5-16-14(18)11(3)17-8-12-6-15-7-13(12)9-17/h10-13,15H,4-9H2,1-3H3,(H,16,18). The van der Waals surface area contributed by atoms with Crippen molar-refractivity contribution in [1.29, 1.82) is 0 Å². The molecule has 2 N–H and O–H groups in total. The van der Waals surface area contributed by atoms with Gasteiger partial charge in [0.2, 0.25) is 5.91 Å². The van der Waals surface area contributed by atoms with Crippen LogP contribution in [-0.4, -0.2) is 49.6 Å². The fourth-order valence-electron chi connectivity index (χ4n) is 3.01. The highest BCUT2D eigenvalue weighted by Gasteiger charge is 2.39. The highest BCUT2D eigenvalue weighted by atomic mass is 16.2. The van der Waals surface area contributed by atoms with Gasteiger partial charge in [0.1, 0.15) is 0 Å². The molecule has 2 heterocycles. The topological polar surface area (TPSA) is 44.4 Å². The second-order valence-electron chi connectivity index (χ2n) is 6.28. The van der Waals surface area contributed by atoms with Crippen molar-refractivity contribution in [2.75, 3.05) is 32.7 Å². The maximum Gasteiger partial charge on any atom is 0.237 e. The zero-order valence-electron chi connectivity index (χ0n) is 11.9. The second kappa shape index (κ2) is 6.02. The smallest absolute Gasteiger partial charge is 0.237 e. The van der Waals surface area contributed by atoms with Gasteiger partial charge in [0, 0.05) is 19.6 Å². The summed E-state index contributed by atoms with van der Waals surface area (Å²) in [5.74, 6) is 2.37. The van der Waals surface area contributed by atoms with Gasteiger partial charge in [-0.1, -0.05) is 13.8 Å². The van der Waals surface area contributed by atoms with E-state index in [0.717, 1.165) is 51.0 Å². The first-order valence-electron chi connectivity index (χ1n) is 7.30. The Morgan fingerprint density at radius 1 is 1.28 bits per heavy atom. The zero-order chi connectivity index (χ0) is 13.1. The highest BCUT2D eigenvalue weighted by Crippen LogP contribution is 2.27. The molecule has 4 nitrogen and oxygen atoms in total. The lowest BCUT2D eigenvalue weighted by atomic mass is 10.0. The molecule has 0 radical (unpaired) electrons. The number of hydrogen-bond donors (Lipinski definition) is 2. The summed E-state index contributed by atoms with van der Waals surface area (Å²) in [6.45, 7) is 11.6. The van der Waals surface area contributed by atoms with Gasteiger partial charge in [-0.05, 0) is 44.2 Å². The van der Waals surface area contributed by atoms with E-state index in [1.807, 2.05) is 6.92 Å². The van der Waals surface area contributed by atoms with E-state index in [1.165, 1.54) is 0 Å². The first-order valence-corrected chi connectivity index (χ1v) is 7.30. The largest absolute Gasteiger partial charge is 0.355 e. The van der Waals surface area contributed by atoms with Crippen LogP contribution in [-0.2, 0) is 4.79 Å². The van der Waals surface area contributed by atoms with Crippen LogP contribution < -0.4 is 10.6 Å². The molecule has 3 unspecified atom stereocenters. The minimum absolute atomic E-state index is 0.0303. The van der Waals surface area contributed by atoms with E-state index < -0.39 is 0 Å². The van der Waals surface area contributed by atoms with Gasteiger partial charge >= 0.3 is 0 Å². The van der Waals surface area contributed by atoms with Crippen LogP contribution in [0.3, 0.4) is 0 Å². The summed E-state index contributed by atoms with van der Waals surface area (Å²) >= 11 is 0. The van der Waals surface area contributed by atoms with Crippen LogP contribution in [0.1, 0.15) is 27.2 Å². The second-order valence-corrected chi connectivity index (χ2v) is 6.28. The third-order valence-electron chi connectivity index (χ3n) is 4.37. The van der Waals surface area contributed by atoms with Gasteiger partial charge in [-0.3, -0.25) is 9.69 Å². The van der Waals surface area contributed by atoms with E-state index in [1.54, 1.807) is 0 Å². The normalized spacial score (nSPS) is 29.6. The SMILES string of the molecule is CC(C)CCNC(=O)C(C)N1CC2CNCC2C1. The molecule has 2 aliphatic rings. The van der Waals surface area contributed by atoms with Gasteiger partial charge in [-0.25, -0.2) is 0 Å². The molecule has 0 aromatic rings. The lowest BCUT2D eigenvalue weighted by Gasteiger charge is -2.24. The average Bonchev–Trinajstić information content (AvgIpc) is 2.87. The van der Waals surface area contributed by atoms with Crippen molar-refractivity contribution in [3.63, 3.8) is 0 Å². The van der Waals surface area contributed by atoms with Crippen LogP contribution in [0.2, 0.25) is 0 Å². The van der Waals surface area contributed by atoms with Crippen LogP contribution in [0, 0.1) is 17.8 Å². The number of nitrogens with zero attached hydrogens (tertiary/aromatic N) is 1. The molecule has 3 atom stereocenters. The van der Waals surface area contributed by atoms with E-state index in [0.29, 0.717) is 5.92 Å². The molecule has 4 heteroatoms. The molecule has 0 aromatic carbocycles. The lowest BCUT2D eigenvalue weighted by Crippen LogP contribution is -2.45. The van der Waals surface area contributed by atoms with E-state index in [-0.39, 0.29) is 11.9 Å². The van der Waals surface area contributed by atoms with Crippen molar-refractivity contribution in [3.8, 4) is 0 Å². The van der Waals surface area contributed by atoms with Crippen LogP contribution in [0.15, 0.2) is 0 Å². The van der Waals surface area contributed by atoms with E-state index >= 15 is 0 Å². The first kappa shape index (κ1) is 13.8. The molecular formula is C14H27N3O. The fourth-order valence-corrected chi connectivity index (χ4v) is 3.01. The molecule has 2 aliphatic heterocycles. The number of hydrogen-bond acceptors (Lipinski definition) is 3. The molecule has 18 heavy (non-hydrogen) atoms. The van der Waals surface area contributed by atoms with E-state index in [4.69, 9.17) is 0 Å². The van der Waals surface area contributed by atoms with Gasteiger partial charge in [0.15, 0.2) is 0 Å². The minimum Gasteiger partial charge on any atom is -0.355 e. The molecule has 1 amide bonds.